The summed E-state index contributed by atoms with van der Waals surface area (Å²) in [5, 5.41) is 6.15. The van der Waals surface area contributed by atoms with Crippen molar-refractivity contribution >= 4 is 43.5 Å². The van der Waals surface area contributed by atoms with E-state index in [-0.39, 0.29) is 0 Å². The van der Waals surface area contributed by atoms with E-state index in [2.05, 4.69) is 123 Å². The normalized spacial score (nSPS) is 11.7. The van der Waals surface area contributed by atoms with Gasteiger partial charge in [0.1, 0.15) is 5.82 Å². The van der Waals surface area contributed by atoms with Crippen molar-refractivity contribution in [3.63, 3.8) is 0 Å². The third-order valence-electron chi connectivity index (χ3n) is 7.51. The van der Waals surface area contributed by atoms with Gasteiger partial charge in [0.15, 0.2) is 0 Å². The summed E-state index contributed by atoms with van der Waals surface area (Å²) in [6.07, 6.45) is 7.77. The quantitative estimate of drug-likeness (QED) is 0.252. The molecule has 0 fully saturated rings. The average Bonchev–Trinajstić information content (AvgIpc) is 3.58. The van der Waals surface area contributed by atoms with Gasteiger partial charge in [-0.15, -0.1) is 0 Å². The third-order valence-corrected chi connectivity index (χ3v) is 7.51. The highest BCUT2D eigenvalue weighted by Gasteiger charge is 2.17. The van der Waals surface area contributed by atoms with Crippen LogP contribution in [0.5, 0.6) is 0 Å². The fourth-order valence-electron chi connectivity index (χ4n) is 5.77. The number of nitrogens with zero attached hydrogens (tertiary/aromatic N) is 4. The van der Waals surface area contributed by atoms with Crippen molar-refractivity contribution in [2.75, 3.05) is 0 Å². The zero-order chi connectivity index (χ0) is 25.1. The van der Waals surface area contributed by atoms with Gasteiger partial charge in [-0.3, -0.25) is 9.55 Å². The molecule has 0 spiro atoms. The van der Waals surface area contributed by atoms with Crippen molar-refractivity contribution in [1.82, 2.24) is 19.1 Å². The number of rotatable bonds is 3. The molecule has 4 heteroatoms. The fraction of sp³-hybridized carbons (Fsp3) is 0. The smallest absolute Gasteiger partial charge is 0.137 e. The van der Waals surface area contributed by atoms with Crippen molar-refractivity contribution < 1.29 is 0 Å². The van der Waals surface area contributed by atoms with E-state index in [0.717, 1.165) is 28.1 Å². The lowest BCUT2D eigenvalue weighted by atomic mass is 10.0. The molecule has 0 aliphatic rings. The highest BCUT2D eigenvalue weighted by Crippen LogP contribution is 2.39. The molecule has 0 aliphatic carbocycles. The van der Waals surface area contributed by atoms with Gasteiger partial charge in [-0.2, -0.15) is 0 Å². The van der Waals surface area contributed by atoms with E-state index >= 15 is 0 Å². The molecule has 0 saturated carbocycles. The molecule has 0 radical (unpaired) electrons. The number of pyridine rings is 2. The average molecular weight is 487 g/mol. The molecule has 0 atom stereocenters. The first kappa shape index (κ1) is 20.9. The molecule has 0 N–H and O–H groups in total. The van der Waals surface area contributed by atoms with E-state index in [1.54, 1.807) is 6.20 Å². The molecule has 0 aliphatic heterocycles. The van der Waals surface area contributed by atoms with Crippen molar-refractivity contribution in [1.29, 1.82) is 0 Å². The number of hydrogen-bond donors (Lipinski definition) is 0. The van der Waals surface area contributed by atoms with E-state index in [1.807, 2.05) is 18.5 Å². The molecule has 8 rings (SSSR count). The summed E-state index contributed by atoms with van der Waals surface area (Å²) in [6, 6.07) is 38.6. The van der Waals surface area contributed by atoms with Gasteiger partial charge in [0, 0.05) is 63.1 Å². The topological polar surface area (TPSA) is 35.6 Å². The Bertz CT molecular complexity index is 2100. The molecule has 0 bridgehead atoms. The van der Waals surface area contributed by atoms with Crippen LogP contribution >= 0.6 is 0 Å². The number of fused-ring (bicyclic) bond motifs is 7. The van der Waals surface area contributed by atoms with Crippen molar-refractivity contribution in [2.45, 2.75) is 0 Å². The lowest BCUT2D eigenvalue weighted by molar-refractivity contribution is 1.08. The van der Waals surface area contributed by atoms with Crippen LogP contribution < -0.4 is 0 Å². The van der Waals surface area contributed by atoms with Crippen LogP contribution in [-0.4, -0.2) is 19.1 Å². The number of para-hydroxylation sites is 2. The molecule has 0 saturated heterocycles. The Morgan fingerprint density at radius 2 is 1.26 bits per heavy atom. The monoisotopic (exact) mass is 486 g/mol. The number of benzene rings is 4. The summed E-state index contributed by atoms with van der Waals surface area (Å²) in [6.45, 7) is 0. The highest BCUT2D eigenvalue weighted by atomic mass is 15.1. The SMILES string of the molecule is c1ccc(-n2ccc3c4ccc5c6ccccc6n(-c6ccc(-c7cccnc7)cn6)c5c4ccc32)cc1. The lowest BCUT2D eigenvalue weighted by Gasteiger charge is -2.11. The summed E-state index contributed by atoms with van der Waals surface area (Å²) in [5.41, 5.74) is 6.80. The van der Waals surface area contributed by atoms with Crippen LogP contribution in [0.2, 0.25) is 0 Å². The summed E-state index contributed by atoms with van der Waals surface area (Å²) in [5.74, 6) is 0.901. The zero-order valence-electron chi connectivity index (χ0n) is 20.5. The minimum Gasteiger partial charge on any atom is -0.317 e. The second-order valence-corrected chi connectivity index (χ2v) is 9.58. The van der Waals surface area contributed by atoms with Gasteiger partial charge in [-0.05, 0) is 53.9 Å². The fourth-order valence-corrected chi connectivity index (χ4v) is 5.77. The molecule has 4 heterocycles. The maximum absolute atomic E-state index is 4.94. The number of hydrogen-bond acceptors (Lipinski definition) is 2. The summed E-state index contributed by atoms with van der Waals surface area (Å²) < 4.78 is 4.56. The van der Waals surface area contributed by atoms with E-state index < -0.39 is 0 Å². The van der Waals surface area contributed by atoms with Crippen molar-refractivity contribution in [3.8, 4) is 22.6 Å². The molecule has 4 aromatic heterocycles. The van der Waals surface area contributed by atoms with Crippen molar-refractivity contribution in [3.05, 3.63) is 134 Å². The molecule has 4 aromatic carbocycles. The number of aromatic nitrogens is 4. The summed E-state index contributed by atoms with van der Waals surface area (Å²) in [4.78, 5) is 9.20. The van der Waals surface area contributed by atoms with Gasteiger partial charge >= 0.3 is 0 Å². The van der Waals surface area contributed by atoms with Gasteiger partial charge in [-0.1, -0.05) is 60.7 Å². The third kappa shape index (κ3) is 3.04. The largest absolute Gasteiger partial charge is 0.317 e. The second-order valence-electron chi connectivity index (χ2n) is 9.58. The van der Waals surface area contributed by atoms with Gasteiger partial charge in [0.25, 0.3) is 0 Å². The zero-order valence-corrected chi connectivity index (χ0v) is 20.5. The Kier molecular flexibility index (Phi) is 4.49. The summed E-state index contributed by atoms with van der Waals surface area (Å²) >= 11 is 0. The molecular weight excluding hydrogens is 464 g/mol. The van der Waals surface area contributed by atoms with Gasteiger partial charge < -0.3 is 4.57 Å². The van der Waals surface area contributed by atoms with Crippen LogP contribution in [0, 0.1) is 0 Å². The summed E-state index contributed by atoms with van der Waals surface area (Å²) in [7, 11) is 0. The lowest BCUT2D eigenvalue weighted by Crippen LogP contribution is -1.98. The Labute approximate surface area is 219 Å². The molecule has 8 aromatic rings. The minimum absolute atomic E-state index is 0.901. The van der Waals surface area contributed by atoms with Gasteiger partial charge in [-0.25, -0.2) is 4.98 Å². The molecule has 4 nitrogen and oxygen atoms in total. The highest BCUT2D eigenvalue weighted by molar-refractivity contribution is 6.22. The Morgan fingerprint density at radius 1 is 0.500 bits per heavy atom. The first-order chi connectivity index (χ1) is 18.9. The van der Waals surface area contributed by atoms with Crippen LogP contribution in [0.4, 0.5) is 0 Å². The van der Waals surface area contributed by atoms with Gasteiger partial charge in [0.05, 0.1) is 16.6 Å². The first-order valence-electron chi connectivity index (χ1n) is 12.7. The van der Waals surface area contributed by atoms with Crippen LogP contribution in [0.1, 0.15) is 0 Å². The Morgan fingerprint density at radius 3 is 2.11 bits per heavy atom. The molecule has 38 heavy (non-hydrogen) atoms. The molecule has 178 valence electrons. The first-order valence-corrected chi connectivity index (χ1v) is 12.7. The maximum Gasteiger partial charge on any atom is 0.137 e. The molecular formula is C34H22N4. The minimum atomic E-state index is 0.901. The van der Waals surface area contributed by atoms with E-state index in [9.17, 15) is 0 Å². The van der Waals surface area contributed by atoms with Crippen LogP contribution in [0.25, 0.3) is 66.1 Å². The maximum atomic E-state index is 4.94. The van der Waals surface area contributed by atoms with E-state index in [1.165, 1.54) is 38.0 Å². The van der Waals surface area contributed by atoms with Crippen LogP contribution in [-0.2, 0) is 0 Å². The Hall–Kier alpha value is -5.22. The van der Waals surface area contributed by atoms with Crippen molar-refractivity contribution in [2.24, 2.45) is 0 Å². The van der Waals surface area contributed by atoms with Gasteiger partial charge in [0.2, 0.25) is 0 Å². The second kappa shape index (κ2) is 8.15. The predicted molar refractivity (Wildman–Crippen MR) is 156 cm³/mol. The molecule has 0 unspecified atom stereocenters. The molecule has 0 amide bonds. The van der Waals surface area contributed by atoms with E-state index in [4.69, 9.17) is 4.98 Å². The predicted octanol–water partition coefficient (Wildman–Crippen LogP) is 8.34. The standard InChI is InChI=1S/C34H22N4/c1-2-8-25(9-3-1)37-20-18-28-26-13-14-30-27-10-4-5-11-32(27)38(34(30)29(26)15-16-31(28)37)33-17-12-24(22-36-33)23-7-6-19-35-21-23/h1-22H. The van der Waals surface area contributed by atoms with Crippen LogP contribution in [0.3, 0.4) is 0 Å². The van der Waals surface area contributed by atoms with E-state index in [0.29, 0.717) is 0 Å². The Balaban J connectivity index is 1.40. The van der Waals surface area contributed by atoms with Crippen LogP contribution in [0.15, 0.2) is 134 Å².